The molecule has 0 saturated heterocycles. The fourth-order valence-corrected chi connectivity index (χ4v) is 3.71. The molecule has 0 radical (unpaired) electrons. The highest BCUT2D eigenvalue weighted by Gasteiger charge is 2.05. The van der Waals surface area contributed by atoms with Gasteiger partial charge in [-0.3, -0.25) is 0 Å². The van der Waals surface area contributed by atoms with Gasteiger partial charge in [-0.2, -0.15) is 0 Å². The lowest BCUT2D eigenvalue weighted by Gasteiger charge is -2.02. The minimum atomic E-state index is 0.760. The van der Waals surface area contributed by atoms with Crippen molar-refractivity contribution >= 4 is 28.2 Å². The number of hydrogen-bond acceptors (Lipinski definition) is 6. The van der Waals surface area contributed by atoms with Crippen LogP contribution in [0.4, 0.5) is 5.13 Å². The Morgan fingerprint density at radius 1 is 1.04 bits per heavy atom. The quantitative estimate of drug-likeness (QED) is 0.642. The van der Waals surface area contributed by atoms with Crippen molar-refractivity contribution in [2.24, 2.45) is 0 Å². The topological polar surface area (TPSA) is 47.0 Å². The third-order valence-electron chi connectivity index (χ3n) is 3.19. The van der Waals surface area contributed by atoms with Crippen molar-refractivity contribution in [2.45, 2.75) is 16.6 Å². The number of thioether (sulfide) groups is 1. The zero-order chi connectivity index (χ0) is 15.9. The highest BCUT2D eigenvalue weighted by molar-refractivity contribution is 8.00. The van der Waals surface area contributed by atoms with Gasteiger partial charge in [-0.1, -0.05) is 65.6 Å². The maximum absolute atomic E-state index is 5.24. The molecule has 0 atom stereocenters. The molecule has 0 aliphatic heterocycles. The van der Waals surface area contributed by atoms with E-state index in [2.05, 4.69) is 33.7 Å². The summed E-state index contributed by atoms with van der Waals surface area (Å²) in [5.74, 6) is 1.73. The molecular formula is C17H17N3OS2. The summed E-state index contributed by atoms with van der Waals surface area (Å²) in [7, 11) is 1.68. The summed E-state index contributed by atoms with van der Waals surface area (Å²) < 4.78 is 6.20. The molecule has 2 aromatic carbocycles. The fraction of sp³-hybridized carbons (Fsp3) is 0.176. The van der Waals surface area contributed by atoms with Crippen molar-refractivity contribution in [1.29, 1.82) is 0 Å². The van der Waals surface area contributed by atoms with E-state index in [1.807, 2.05) is 36.4 Å². The van der Waals surface area contributed by atoms with Crippen LogP contribution in [0.15, 0.2) is 58.9 Å². The maximum Gasteiger partial charge on any atom is 0.206 e. The lowest BCUT2D eigenvalue weighted by Crippen LogP contribution is -1.98. The van der Waals surface area contributed by atoms with Crippen molar-refractivity contribution < 1.29 is 4.74 Å². The molecule has 1 aromatic heterocycles. The van der Waals surface area contributed by atoms with Gasteiger partial charge in [0.15, 0.2) is 4.34 Å². The monoisotopic (exact) mass is 343 g/mol. The molecule has 1 heterocycles. The van der Waals surface area contributed by atoms with Gasteiger partial charge in [0.1, 0.15) is 5.75 Å². The molecule has 6 heteroatoms. The molecule has 0 bridgehead atoms. The molecule has 0 fully saturated rings. The molecule has 0 spiro atoms. The Morgan fingerprint density at radius 2 is 1.87 bits per heavy atom. The SMILES string of the molecule is COc1cccc(CSc2nnc(NCc3ccccc3)s2)c1. The molecule has 1 N–H and O–H groups in total. The second-order valence-corrected chi connectivity index (χ2v) is 7.05. The molecule has 0 aliphatic rings. The Bertz CT molecular complexity index is 746. The summed E-state index contributed by atoms with van der Waals surface area (Å²) >= 11 is 3.26. The number of aromatic nitrogens is 2. The number of nitrogens with zero attached hydrogens (tertiary/aromatic N) is 2. The van der Waals surface area contributed by atoms with Crippen molar-refractivity contribution in [1.82, 2.24) is 10.2 Å². The highest BCUT2D eigenvalue weighted by Crippen LogP contribution is 2.29. The van der Waals surface area contributed by atoms with E-state index < -0.39 is 0 Å². The van der Waals surface area contributed by atoms with E-state index in [0.29, 0.717) is 0 Å². The number of methoxy groups -OCH3 is 1. The van der Waals surface area contributed by atoms with E-state index >= 15 is 0 Å². The first kappa shape index (κ1) is 15.8. The Kier molecular flexibility index (Phi) is 5.50. The normalized spacial score (nSPS) is 10.5. The average molecular weight is 343 g/mol. The summed E-state index contributed by atoms with van der Waals surface area (Å²) in [6.45, 7) is 0.760. The highest BCUT2D eigenvalue weighted by atomic mass is 32.2. The molecule has 0 aliphatic carbocycles. The predicted molar refractivity (Wildman–Crippen MR) is 96.2 cm³/mol. The van der Waals surface area contributed by atoms with Crippen LogP contribution in [0.2, 0.25) is 0 Å². The standard InChI is InChI=1S/C17H17N3OS2/c1-21-15-9-5-8-14(10-15)12-22-17-20-19-16(23-17)18-11-13-6-3-2-4-7-13/h2-10H,11-12H2,1H3,(H,18,19). The first-order valence-corrected chi connectivity index (χ1v) is 9.01. The number of ether oxygens (including phenoxy) is 1. The number of nitrogens with one attached hydrogen (secondary N) is 1. The van der Waals surface area contributed by atoms with Crippen LogP contribution in [0, 0.1) is 0 Å². The second-order valence-electron chi connectivity index (χ2n) is 4.85. The van der Waals surface area contributed by atoms with E-state index in [9.17, 15) is 0 Å². The fourth-order valence-electron chi connectivity index (χ4n) is 2.02. The van der Waals surface area contributed by atoms with Gasteiger partial charge in [-0.15, -0.1) is 10.2 Å². The molecule has 118 valence electrons. The molecule has 0 unspecified atom stereocenters. The Morgan fingerprint density at radius 3 is 2.70 bits per heavy atom. The van der Waals surface area contributed by atoms with Crippen molar-refractivity contribution in [3.63, 3.8) is 0 Å². The second kappa shape index (κ2) is 7.99. The van der Waals surface area contributed by atoms with Crippen LogP contribution in [-0.2, 0) is 12.3 Å². The lowest BCUT2D eigenvalue weighted by atomic mass is 10.2. The van der Waals surface area contributed by atoms with Gasteiger partial charge < -0.3 is 10.1 Å². The molecule has 3 aromatic rings. The Hall–Kier alpha value is -2.05. The van der Waals surface area contributed by atoms with Crippen LogP contribution in [0.1, 0.15) is 11.1 Å². The first-order chi connectivity index (χ1) is 11.3. The minimum absolute atomic E-state index is 0.760. The van der Waals surface area contributed by atoms with Gasteiger partial charge in [0.2, 0.25) is 5.13 Å². The third-order valence-corrected chi connectivity index (χ3v) is 5.27. The number of rotatable bonds is 7. The van der Waals surface area contributed by atoms with Crippen molar-refractivity contribution in [3.8, 4) is 5.75 Å². The molecule has 4 nitrogen and oxygen atoms in total. The third kappa shape index (κ3) is 4.71. The first-order valence-electron chi connectivity index (χ1n) is 7.20. The largest absolute Gasteiger partial charge is 0.497 e. The molecule has 0 amide bonds. The minimum Gasteiger partial charge on any atom is -0.497 e. The van der Waals surface area contributed by atoms with Gasteiger partial charge in [-0.05, 0) is 23.3 Å². The van der Waals surface area contributed by atoms with E-state index in [-0.39, 0.29) is 0 Å². The lowest BCUT2D eigenvalue weighted by molar-refractivity contribution is 0.414. The van der Waals surface area contributed by atoms with Gasteiger partial charge in [0.05, 0.1) is 7.11 Å². The Labute approximate surface area is 143 Å². The average Bonchev–Trinajstić information content (AvgIpc) is 3.07. The molecule has 3 rings (SSSR count). The number of hydrogen-bond donors (Lipinski definition) is 1. The summed E-state index contributed by atoms with van der Waals surface area (Å²) in [6.07, 6.45) is 0. The van der Waals surface area contributed by atoms with Crippen LogP contribution >= 0.6 is 23.1 Å². The summed E-state index contributed by atoms with van der Waals surface area (Å²) in [5, 5.41) is 12.6. The number of anilines is 1. The number of benzene rings is 2. The van der Waals surface area contributed by atoms with Gasteiger partial charge in [0.25, 0.3) is 0 Å². The maximum atomic E-state index is 5.24. The van der Waals surface area contributed by atoms with Gasteiger partial charge in [-0.25, -0.2) is 0 Å². The zero-order valence-electron chi connectivity index (χ0n) is 12.7. The predicted octanol–water partition coefficient (Wildman–Crippen LogP) is 4.45. The van der Waals surface area contributed by atoms with Crippen LogP contribution in [0.5, 0.6) is 5.75 Å². The molecule has 23 heavy (non-hydrogen) atoms. The zero-order valence-corrected chi connectivity index (χ0v) is 14.4. The molecule has 0 saturated carbocycles. The van der Waals surface area contributed by atoms with E-state index in [0.717, 1.165) is 27.5 Å². The summed E-state index contributed by atoms with van der Waals surface area (Å²) in [4.78, 5) is 0. The molecular weight excluding hydrogens is 326 g/mol. The summed E-state index contributed by atoms with van der Waals surface area (Å²) in [6, 6.07) is 18.3. The smallest absolute Gasteiger partial charge is 0.206 e. The van der Waals surface area contributed by atoms with E-state index in [1.54, 1.807) is 30.2 Å². The van der Waals surface area contributed by atoms with Gasteiger partial charge >= 0.3 is 0 Å². The van der Waals surface area contributed by atoms with Crippen LogP contribution in [0.3, 0.4) is 0 Å². The van der Waals surface area contributed by atoms with Gasteiger partial charge in [0, 0.05) is 12.3 Å². The van der Waals surface area contributed by atoms with Crippen molar-refractivity contribution in [3.05, 3.63) is 65.7 Å². The summed E-state index contributed by atoms with van der Waals surface area (Å²) in [5.41, 5.74) is 2.44. The van der Waals surface area contributed by atoms with E-state index in [1.165, 1.54) is 11.1 Å². The Balaban J connectivity index is 1.52. The van der Waals surface area contributed by atoms with Crippen LogP contribution < -0.4 is 10.1 Å². The van der Waals surface area contributed by atoms with Crippen LogP contribution in [-0.4, -0.2) is 17.3 Å². The van der Waals surface area contributed by atoms with Crippen LogP contribution in [0.25, 0.3) is 0 Å². The van der Waals surface area contributed by atoms with E-state index in [4.69, 9.17) is 4.74 Å². The van der Waals surface area contributed by atoms with Crippen molar-refractivity contribution in [2.75, 3.05) is 12.4 Å².